The molecule has 7 heteroatoms. The molecule has 1 aromatic heterocycles. The molecule has 0 aliphatic rings. The summed E-state index contributed by atoms with van der Waals surface area (Å²) in [6.45, 7) is 1.91. The minimum Gasteiger partial charge on any atom is -0.493 e. The number of carbonyl (C=O) groups excluding carboxylic acids is 2. The summed E-state index contributed by atoms with van der Waals surface area (Å²) in [6.07, 6.45) is 1.53. The molecule has 0 atom stereocenters. The first-order chi connectivity index (χ1) is 13.0. The third kappa shape index (κ3) is 3.82. The number of nitrogens with one attached hydrogen (secondary N) is 1. The molecule has 0 spiro atoms. The molecule has 0 aliphatic carbocycles. The fourth-order valence-electron chi connectivity index (χ4n) is 2.57. The maximum Gasteiger partial charge on any atom is 0.297 e. The van der Waals surface area contributed by atoms with E-state index in [4.69, 9.17) is 9.47 Å². The topological polar surface area (TPSA) is 82.5 Å². The number of ketones is 1. The highest BCUT2D eigenvalue weighted by Crippen LogP contribution is 2.30. The summed E-state index contributed by atoms with van der Waals surface area (Å²) in [4.78, 5) is 24.7. The molecular weight excluding hydrogens is 346 g/mol. The molecular formula is C20H19N3O4. The summed E-state index contributed by atoms with van der Waals surface area (Å²) < 4.78 is 12.0. The van der Waals surface area contributed by atoms with Gasteiger partial charge in [0.15, 0.2) is 11.5 Å². The van der Waals surface area contributed by atoms with Crippen LogP contribution in [0.5, 0.6) is 11.5 Å². The number of ether oxygens (including phenoxy) is 2. The van der Waals surface area contributed by atoms with Crippen molar-refractivity contribution in [1.29, 1.82) is 0 Å². The number of aromatic nitrogens is 2. The Hall–Kier alpha value is -3.61. The maximum atomic E-state index is 12.4. The Morgan fingerprint density at radius 1 is 0.963 bits per heavy atom. The standard InChI is InChI=1S/C20H19N3O4/c1-13-4-6-14(7-5-13)19(24)20(25)22-18-10-11-21-23(18)15-8-9-16(26-2)17(12-15)27-3/h4-12H,1-3H3,(H,22,25). The Labute approximate surface area is 156 Å². The van der Waals surface area contributed by atoms with E-state index in [2.05, 4.69) is 10.4 Å². The highest BCUT2D eigenvalue weighted by Gasteiger charge is 2.18. The third-order valence-electron chi connectivity index (χ3n) is 4.02. The number of rotatable bonds is 6. The molecule has 0 radical (unpaired) electrons. The summed E-state index contributed by atoms with van der Waals surface area (Å²) in [5.74, 6) is 0.121. The Kier molecular flexibility index (Phi) is 5.21. The van der Waals surface area contributed by atoms with Gasteiger partial charge in [0.2, 0.25) is 0 Å². The van der Waals surface area contributed by atoms with Crippen LogP contribution >= 0.6 is 0 Å². The lowest BCUT2D eigenvalue weighted by atomic mass is 10.1. The number of anilines is 1. The predicted octanol–water partition coefficient (Wildman–Crippen LogP) is 3.02. The average Bonchev–Trinajstić information content (AvgIpc) is 3.15. The monoisotopic (exact) mass is 365 g/mol. The molecule has 1 heterocycles. The lowest BCUT2D eigenvalue weighted by molar-refractivity contribution is -0.112. The lowest BCUT2D eigenvalue weighted by Crippen LogP contribution is -2.24. The predicted molar refractivity (Wildman–Crippen MR) is 101 cm³/mol. The summed E-state index contributed by atoms with van der Waals surface area (Å²) >= 11 is 0. The third-order valence-corrected chi connectivity index (χ3v) is 4.02. The first-order valence-electron chi connectivity index (χ1n) is 8.22. The molecule has 3 aromatic rings. The van der Waals surface area contributed by atoms with Crippen LogP contribution in [0, 0.1) is 6.92 Å². The number of aryl methyl sites for hydroxylation is 1. The molecule has 138 valence electrons. The van der Waals surface area contributed by atoms with Gasteiger partial charge in [-0.15, -0.1) is 0 Å². The van der Waals surface area contributed by atoms with Crippen LogP contribution in [0.2, 0.25) is 0 Å². The van der Waals surface area contributed by atoms with Crippen LogP contribution in [0.3, 0.4) is 0 Å². The van der Waals surface area contributed by atoms with Gasteiger partial charge >= 0.3 is 0 Å². The van der Waals surface area contributed by atoms with E-state index in [1.54, 1.807) is 55.6 Å². The van der Waals surface area contributed by atoms with Gasteiger partial charge in [0, 0.05) is 17.7 Å². The number of Topliss-reactive ketones (excluding diaryl/α,β-unsaturated/α-hetero) is 1. The van der Waals surface area contributed by atoms with Crippen molar-refractivity contribution in [2.75, 3.05) is 19.5 Å². The second-order valence-corrected chi connectivity index (χ2v) is 5.82. The summed E-state index contributed by atoms with van der Waals surface area (Å²) in [5, 5.41) is 6.82. The second-order valence-electron chi connectivity index (χ2n) is 5.82. The molecule has 27 heavy (non-hydrogen) atoms. The van der Waals surface area contributed by atoms with Crippen LogP contribution in [-0.4, -0.2) is 35.7 Å². The summed E-state index contributed by atoms with van der Waals surface area (Å²) in [5.41, 5.74) is 1.99. The largest absolute Gasteiger partial charge is 0.493 e. The van der Waals surface area contributed by atoms with Crippen LogP contribution in [-0.2, 0) is 4.79 Å². The van der Waals surface area contributed by atoms with E-state index < -0.39 is 11.7 Å². The Bertz CT molecular complexity index is 977. The highest BCUT2D eigenvalue weighted by atomic mass is 16.5. The van der Waals surface area contributed by atoms with Crippen molar-refractivity contribution in [2.45, 2.75) is 6.92 Å². The normalized spacial score (nSPS) is 10.3. The van der Waals surface area contributed by atoms with Crippen molar-refractivity contribution in [2.24, 2.45) is 0 Å². The van der Waals surface area contributed by atoms with E-state index in [0.717, 1.165) is 5.56 Å². The van der Waals surface area contributed by atoms with Crippen molar-refractivity contribution in [3.05, 3.63) is 65.9 Å². The number of methoxy groups -OCH3 is 2. The van der Waals surface area contributed by atoms with Crippen LogP contribution < -0.4 is 14.8 Å². The maximum absolute atomic E-state index is 12.4. The molecule has 1 amide bonds. The molecule has 0 fully saturated rings. The van der Waals surface area contributed by atoms with Gasteiger partial charge in [-0.1, -0.05) is 29.8 Å². The fourth-order valence-corrected chi connectivity index (χ4v) is 2.57. The van der Waals surface area contributed by atoms with E-state index in [0.29, 0.717) is 28.6 Å². The van der Waals surface area contributed by atoms with Gasteiger partial charge in [-0.2, -0.15) is 5.10 Å². The van der Waals surface area contributed by atoms with Crippen LogP contribution in [0.15, 0.2) is 54.7 Å². The Balaban J connectivity index is 1.84. The van der Waals surface area contributed by atoms with Gasteiger partial charge in [0.1, 0.15) is 5.82 Å². The van der Waals surface area contributed by atoms with Crippen molar-refractivity contribution < 1.29 is 19.1 Å². The van der Waals surface area contributed by atoms with Crippen LogP contribution in [0.4, 0.5) is 5.82 Å². The van der Waals surface area contributed by atoms with Crippen molar-refractivity contribution >= 4 is 17.5 Å². The zero-order chi connectivity index (χ0) is 19.4. The number of benzene rings is 2. The molecule has 0 bridgehead atoms. The highest BCUT2D eigenvalue weighted by molar-refractivity contribution is 6.46. The Morgan fingerprint density at radius 3 is 2.33 bits per heavy atom. The van der Waals surface area contributed by atoms with Gasteiger partial charge in [0.05, 0.1) is 26.1 Å². The average molecular weight is 365 g/mol. The van der Waals surface area contributed by atoms with Crippen LogP contribution in [0.25, 0.3) is 5.69 Å². The van der Waals surface area contributed by atoms with Crippen molar-refractivity contribution in [1.82, 2.24) is 9.78 Å². The Morgan fingerprint density at radius 2 is 1.67 bits per heavy atom. The van der Waals surface area contributed by atoms with Gasteiger partial charge in [0.25, 0.3) is 11.7 Å². The number of amides is 1. The number of hydrogen-bond acceptors (Lipinski definition) is 5. The second kappa shape index (κ2) is 7.74. The molecule has 2 aromatic carbocycles. The van der Waals surface area contributed by atoms with E-state index in [9.17, 15) is 9.59 Å². The number of hydrogen-bond donors (Lipinski definition) is 1. The molecule has 1 N–H and O–H groups in total. The van der Waals surface area contributed by atoms with Crippen molar-refractivity contribution in [3.63, 3.8) is 0 Å². The minimum absolute atomic E-state index is 0.329. The summed E-state index contributed by atoms with van der Waals surface area (Å²) in [6, 6.07) is 13.7. The van der Waals surface area contributed by atoms with Gasteiger partial charge in [-0.25, -0.2) is 4.68 Å². The van der Waals surface area contributed by atoms with Crippen molar-refractivity contribution in [3.8, 4) is 17.2 Å². The van der Waals surface area contributed by atoms with Crippen LogP contribution in [0.1, 0.15) is 15.9 Å². The fraction of sp³-hybridized carbons (Fsp3) is 0.150. The lowest BCUT2D eigenvalue weighted by Gasteiger charge is -2.12. The summed E-state index contributed by atoms with van der Waals surface area (Å²) in [7, 11) is 3.08. The molecule has 0 saturated carbocycles. The van der Waals surface area contributed by atoms with Gasteiger partial charge in [-0.05, 0) is 19.1 Å². The van der Waals surface area contributed by atoms with E-state index in [1.807, 2.05) is 6.92 Å². The van der Waals surface area contributed by atoms with E-state index >= 15 is 0 Å². The molecule has 0 unspecified atom stereocenters. The van der Waals surface area contributed by atoms with E-state index in [1.165, 1.54) is 18.0 Å². The minimum atomic E-state index is -0.735. The molecule has 3 rings (SSSR count). The first-order valence-corrected chi connectivity index (χ1v) is 8.22. The number of carbonyl (C=O) groups is 2. The number of nitrogens with zero attached hydrogens (tertiary/aromatic N) is 2. The molecule has 7 nitrogen and oxygen atoms in total. The smallest absolute Gasteiger partial charge is 0.297 e. The van der Waals surface area contributed by atoms with Gasteiger partial charge in [-0.3, -0.25) is 9.59 Å². The zero-order valence-electron chi connectivity index (χ0n) is 15.2. The quantitative estimate of drug-likeness (QED) is 0.536. The van der Waals surface area contributed by atoms with Gasteiger partial charge < -0.3 is 14.8 Å². The SMILES string of the molecule is COc1ccc(-n2nccc2NC(=O)C(=O)c2ccc(C)cc2)cc1OC. The van der Waals surface area contributed by atoms with E-state index in [-0.39, 0.29) is 0 Å². The zero-order valence-corrected chi connectivity index (χ0v) is 15.2. The molecule has 0 aliphatic heterocycles. The first kappa shape index (κ1) is 18.2. The molecule has 0 saturated heterocycles.